The summed E-state index contributed by atoms with van der Waals surface area (Å²) in [5.41, 5.74) is 0. The zero-order chi connectivity index (χ0) is 61.7. The van der Waals surface area contributed by atoms with Crippen LogP contribution in [0.3, 0.4) is 0 Å². The van der Waals surface area contributed by atoms with Crippen LogP contribution in [0.25, 0.3) is 0 Å². The Bertz CT molecular complexity index is 1800. The fourth-order valence-electron chi connectivity index (χ4n) is 10.1. The van der Waals surface area contributed by atoms with Gasteiger partial charge in [-0.2, -0.15) is 0 Å². The second-order valence-electron chi connectivity index (χ2n) is 23.6. The van der Waals surface area contributed by atoms with Gasteiger partial charge in [0.1, 0.15) is 24.4 Å². The van der Waals surface area contributed by atoms with E-state index in [1.54, 1.807) is 6.08 Å². The van der Waals surface area contributed by atoms with Crippen molar-refractivity contribution in [1.29, 1.82) is 0 Å². The molecule has 0 aromatic carbocycles. The predicted octanol–water partition coefficient (Wildman–Crippen LogP) is 17.6. The molecule has 1 fully saturated rings. The number of aliphatic hydroxyl groups is 5. The first-order chi connectivity index (χ1) is 41.7. The predicted molar refractivity (Wildman–Crippen MR) is 356 cm³/mol. The average molecular weight is 1190 g/mol. The van der Waals surface area contributed by atoms with Gasteiger partial charge in [-0.1, -0.05) is 271 Å². The Morgan fingerprint density at radius 1 is 0.459 bits per heavy atom. The van der Waals surface area contributed by atoms with Crippen molar-refractivity contribution < 1.29 is 49.3 Å². The number of allylic oxidation sites excluding steroid dienone is 17. The van der Waals surface area contributed by atoms with Crippen molar-refractivity contribution >= 4 is 11.9 Å². The molecule has 0 aliphatic carbocycles. The first kappa shape index (κ1) is 79.3. The van der Waals surface area contributed by atoms with Gasteiger partial charge in [0.05, 0.1) is 25.4 Å². The maximum atomic E-state index is 13.5. The topological polar surface area (TPSA) is 175 Å². The molecule has 1 saturated heterocycles. The minimum absolute atomic E-state index is 0.109. The summed E-state index contributed by atoms with van der Waals surface area (Å²) in [6.45, 7) is 5.72. The van der Waals surface area contributed by atoms with E-state index in [1.165, 1.54) is 116 Å². The Kier molecular flexibility index (Phi) is 56.6. The number of nitrogens with one attached hydrogen (secondary N) is 1. The first-order valence-corrected chi connectivity index (χ1v) is 34.7. The zero-order valence-corrected chi connectivity index (χ0v) is 54.2. The number of hydrogen-bond donors (Lipinski definition) is 6. The summed E-state index contributed by atoms with van der Waals surface area (Å²) in [6, 6.07) is -1.04. The summed E-state index contributed by atoms with van der Waals surface area (Å²) >= 11 is 0. The van der Waals surface area contributed by atoms with Crippen LogP contribution in [0.15, 0.2) is 109 Å². The number of carbonyl (C=O) groups excluding carboxylic acids is 2. The highest BCUT2D eigenvalue weighted by Crippen LogP contribution is 2.26. The van der Waals surface area contributed by atoms with E-state index < -0.39 is 67.4 Å². The zero-order valence-electron chi connectivity index (χ0n) is 54.2. The minimum Gasteiger partial charge on any atom is -0.454 e. The molecule has 6 N–H and O–H groups in total. The van der Waals surface area contributed by atoms with E-state index in [4.69, 9.17) is 14.2 Å². The lowest BCUT2D eigenvalue weighted by molar-refractivity contribution is -0.305. The molecule has 85 heavy (non-hydrogen) atoms. The molecule has 0 aromatic rings. The lowest BCUT2D eigenvalue weighted by Crippen LogP contribution is -2.61. The molecule has 8 unspecified atom stereocenters. The fraction of sp³-hybridized carbons (Fsp3) is 0.730. The molecule has 488 valence electrons. The molecule has 1 aliphatic heterocycles. The van der Waals surface area contributed by atoms with E-state index in [-0.39, 0.29) is 19.4 Å². The molecule has 1 aliphatic rings. The number of ether oxygens (including phenoxy) is 3. The first-order valence-electron chi connectivity index (χ1n) is 34.7. The molecule has 0 spiro atoms. The van der Waals surface area contributed by atoms with E-state index in [1.807, 2.05) is 6.08 Å². The van der Waals surface area contributed by atoms with Gasteiger partial charge in [0.25, 0.3) is 0 Å². The van der Waals surface area contributed by atoms with Gasteiger partial charge in [-0.15, -0.1) is 0 Å². The Morgan fingerprint density at radius 2 is 0.812 bits per heavy atom. The van der Waals surface area contributed by atoms with Crippen molar-refractivity contribution in [1.82, 2.24) is 5.32 Å². The Hall–Kier alpha value is -3.68. The second-order valence-corrected chi connectivity index (χ2v) is 23.6. The van der Waals surface area contributed by atoms with E-state index in [9.17, 15) is 35.1 Å². The molecule has 0 saturated carbocycles. The standard InChI is InChI=1S/C74H127NO10/c1-4-7-10-13-16-19-22-24-26-28-30-32-33-34-35-36-38-40-42-44-47-50-53-56-59-62-69(79)85-72-71(81)70(80)68(63-76)84-74(72)83-64-65(66(77)60-57-54-51-48-45-21-18-15-12-9-6-3)75-73(82)67(78)61-58-55-52-49-46-43-41-39-37-31-29-27-25-23-20-17-14-11-8-5-2/h16-17,19-20,24-27,30-32,34-35,37,41,43,57,60,65-68,70-72,74,76-78,80-81H,4-15,18,21-23,28-29,33,36,38-40,42,44-56,58-59,61-64H2,1-3H3,(H,75,82)/b19-16-,20-17-,26-24-,27-25-,32-30-,35-34-,37-31-,43-41-,60-57+. The molecule has 0 radical (unpaired) electrons. The molecule has 11 heteroatoms. The molecular weight excluding hydrogens is 1060 g/mol. The van der Waals surface area contributed by atoms with Gasteiger partial charge in [0.15, 0.2) is 12.4 Å². The third-order valence-corrected chi connectivity index (χ3v) is 15.6. The van der Waals surface area contributed by atoms with Crippen LogP contribution in [0.4, 0.5) is 0 Å². The molecular formula is C74H127NO10. The summed E-state index contributed by atoms with van der Waals surface area (Å²) in [5, 5.41) is 57.1. The van der Waals surface area contributed by atoms with Gasteiger partial charge in [0, 0.05) is 6.42 Å². The highest BCUT2D eigenvalue weighted by molar-refractivity contribution is 5.80. The molecule has 1 amide bonds. The molecule has 1 rings (SSSR count). The van der Waals surface area contributed by atoms with Crippen LogP contribution in [0, 0.1) is 0 Å². The summed E-state index contributed by atoms with van der Waals surface area (Å²) < 4.78 is 17.7. The van der Waals surface area contributed by atoms with Crippen LogP contribution in [-0.4, -0.2) is 99.6 Å². The number of unbranched alkanes of at least 4 members (excludes halogenated alkanes) is 28. The van der Waals surface area contributed by atoms with Crippen LogP contribution >= 0.6 is 0 Å². The van der Waals surface area contributed by atoms with Gasteiger partial charge >= 0.3 is 5.97 Å². The van der Waals surface area contributed by atoms with E-state index >= 15 is 0 Å². The van der Waals surface area contributed by atoms with E-state index in [0.717, 1.165) is 122 Å². The number of carbonyl (C=O) groups is 2. The van der Waals surface area contributed by atoms with Crippen molar-refractivity contribution in [2.45, 2.75) is 333 Å². The van der Waals surface area contributed by atoms with Crippen LogP contribution in [0.5, 0.6) is 0 Å². The fourth-order valence-corrected chi connectivity index (χ4v) is 10.1. The number of rotatable bonds is 58. The highest BCUT2D eigenvalue weighted by Gasteiger charge is 2.47. The Morgan fingerprint density at radius 3 is 1.24 bits per heavy atom. The van der Waals surface area contributed by atoms with E-state index in [0.29, 0.717) is 12.8 Å². The van der Waals surface area contributed by atoms with Crippen LogP contribution in [0.2, 0.25) is 0 Å². The maximum Gasteiger partial charge on any atom is 0.306 e. The van der Waals surface area contributed by atoms with Gasteiger partial charge in [-0.05, 0) is 116 Å². The lowest BCUT2D eigenvalue weighted by atomic mass is 9.99. The summed E-state index contributed by atoms with van der Waals surface area (Å²) in [4.78, 5) is 26.6. The second kappa shape index (κ2) is 60.6. The van der Waals surface area contributed by atoms with Gasteiger partial charge in [-0.3, -0.25) is 9.59 Å². The minimum atomic E-state index is -1.63. The van der Waals surface area contributed by atoms with Crippen LogP contribution < -0.4 is 5.32 Å². The summed E-state index contributed by atoms with van der Waals surface area (Å²) in [6.07, 6.45) is 72.6. The third-order valence-electron chi connectivity index (χ3n) is 15.6. The van der Waals surface area contributed by atoms with Gasteiger partial charge < -0.3 is 45.1 Å². The molecule has 8 atom stereocenters. The SMILES string of the molecule is CCCCC/C=C\C/C=C\C/C=C\C/C=C\CCCCCCCCCCCC(=O)OC1C(OCC(NC(=O)C(O)CCCCCC/C=C\C/C=C\C/C=C\C/C=C\CCCCC)C(O)/C=C/CCCCCCCCCCC)OC(CO)C(O)C1O. The summed E-state index contributed by atoms with van der Waals surface area (Å²) in [7, 11) is 0. The van der Waals surface area contributed by atoms with Crippen molar-refractivity contribution in [2.24, 2.45) is 0 Å². The van der Waals surface area contributed by atoms with Crippen molar-refractivity contribution in [2.75, 3.05) is 13.2 Å². The summed E-state index contributed by atoms with van der Waals surface area (Å²) in [5.74, 6) is -1.22. The smallest absolute Gasteiger partial charge is 0.306 e. The normalized spacial score (nSPS) is 19.1. The number of amides is 1. The Labute approximate surface area is 519 Å². The Balaban J connectivity index is 2.60. The van der Waals surface area contributed by atoms with Crippen molar-refractivity contribution in [3.63, 3.8) is 0 Å². The average Bonchev–Trinajstić information content (AvgIpc) is 2.90. The van der Waals surface area contributed by atoms with Crippen molar-refractivity contribution in [3.8, 4) is 0 Å². The number of hydrogen-bond acceptors (Lipinski definition) is 10. The van der Waals surface area contributed by atoms with Crippen LogP contribution in [0.1, 0.15) is 284 Å². The van der Waals surface area contributed by atoms with Crippen molar-refractivity contribution in [3.05, 3.63) is 109 Å². The number of aliphatic hydroxyl groups excluding tert-OH is 5. The molecule has 0 aromatic heterocycles. The maximum absolute atomic E-state index is 13.5. The quantitative estimate of drug-likeness (QED) is 0.0195. The van der Waals surface area contributed by atoms with Crippen LogP contribution in [-0.2, 0) is 23.8 Å². The number of esters is 1. The van der Waals surface area contributed by atoms with E-state index in [2.05, 4.69) is 123 Å². The highest BCUT2D eigenvalue weighted by atomic mass is 16.7. The van der Waals surface area contributed by atoms with Gasteiger partial charge in [0.2, 0.25) is 5.91 Å². The van der Waals surface area contributed by atoms with Gasteiger partial charge in [-0.25, -0.2) is 0 Å². The largest absolute Gasteiger partial charge is 0.454 e. The molecule has 11 nitrogen and oxygen atoms in total. The monoisotopic (exact) mass is 1190 g/mol. The molecule has 0 bridgehead atoms. The lowest BCUT2D eigenvalue weighted by Gasteiger charge is -2.41. The third kappa shape index (κ3) is 48.0. The molecule has 1 heterocycles.